The predicted octanol–water partition coefficient (Wildman–Crippen LogP) is 2.74. The van der Waals surface area contributed by atoms with Crippen molar-refractivity contribution in [2.24, 2.45) is 0 Å². The van der Waals surface area contributed by atoms with Gasteiger partial charge in [0.05, 0.1) is 24.5 Å². The Morgan fingerprint density at radius 1 is 1.24 bits per heavy atom. The van der Waals surface area contributed by atoms with Crippen LogP contribution in [0.5, 0.6) is 11.5 Å². The molecule has 146 valence electrons. The molecule has 0 aliphatic carbocycles. The first-order chi connectivity index (χ1) is 14.2. The quantitative estimate of drug-likeness (QED) is 0.665. The second kappa shape index (κ2) is 6.78. The van der Waals surface area contributed by atoms with Crippen LogP contribution in [0, 0.1) is 17.1 Å². The minimum atomic E-state index is -0.443. The Kier molecular flexibility index (Phi) is 4.09. The maximum Gasteiger partial charge on any atom is 0.187 e. The van der Waals surface area contributed by atoms with E-state index in [1.54, 1.807) is 0 Å². The van der Waals surface area contributed by atoms with E-state index in [2.05, 4.69) is 32.1 Å². The van der Waals surface area contributed by atoms with E-state index in [-0.39, 0.29) is 11.7 Å². The van der Waals surface area contributed by atoms with Gasteiger partial charge in [0.15, 0.2) is 5.69 Å². The molecule has 3 heterocycles. The highest BCUT2D eigenvalue weighted by Gasteiger charge is 2.34. The van der Waals surface area contributed by atoms with E-state index in [1.807, 2.05) is 18.2 Å². The molecule has 1 fully saturated rings. The highest BCUT2D eigenvalue weighted by atomic mass is 19.1. The van der Waals surface area contributed by atoms with Gasteiger partial charge in [-0.05, 0) is 18.2 Å². The molecule has 8 heteroatoms. The summed E-state index contributed by atoms with van der Waals surface area (Å²) in [7, 11) is 1.46. The van der Waals surface area contributed by atoms with Crippen molar-refractivity contribution in [3.63, 3.8) is 0 Å². The first kappa shape index (κ1) is 17.5. The van der Waals surface area contributed by atoms with Gasteiger partial charge in [-0.3, -0.25) is 0 Å². The predicted molar refractivity (Wildman–Crippen MR) is 106 cm³/mol. The number of nitriles is 1. The molecule has 0 saturated carbocycles. The van der Waals surface area contributed by atoms with Crippen LogP contribution in [0.25, 0.3) is 10.9 Å². The molecule has 0 radical (unpaired) electrons. The second-order valence-corrected chi connectivity index (χ2v) is 7.09. The van der Waals surface area contributed by atoms with Gasteiger partial charge in [0.25, 0.3) is 0 Å². The normalized spacial score (nSPS) is 17.9. The van der Waals surface area contributed by atoms with E-state index in [0.29, 0.717) is 42.0 Å². The minimum Gasteiger partial charge on any atom is -0.494 e. The Balaban J connectivity index is 1.57. The van der Waals surface area contributed by atoms with Crippen molar-refractivity contribution in [1.29, 1.82) is 5.26 Å². The van der Waals surface area contributed by atoms with Crippen molar-refractivity contribution >= 4 is 22.3 Å². The molecule has 1 atom stereocenters. The van der Waals surface area contributed by atoms with E-state index in [0.717, 1.165) is 18.0 Å². The number of ether oxygens (including phenoxy) is 2. The van der Waals surface area contributed by atoms with Crippen molar-refractivity contribution < 1.29 is 13.9 Å². The third-order valence-corrected chi connectivity index (χ3v) is 5.50. The standard InChI is InChI=1S/C21H18FN5O2/c1-28-19-9-13(22)8-15-20(19)25-24-16(10-23)21(15)26-6-7-27-14(11-26)12-29-18-5-3-2-4-17(18)27/h2-5,8-9,14H,6-7,11-12H2,1H3/t14-/m1/s1. The number of anilines is 2. The lowest BCUT2D eigenvalue weighted by atomic mass is 10.1. The summed E-state index contributed by atoms with van der Waals surface area (Å²) in [5.74, 6) is 0.741. The van der Waals surface area contributed by atoms with Crippen molar-refractivity contribution in [2.45, 2.75) is 6.04 Å². The molecule has 2 aliphatic rings. The molecule has 3 aromatic rings. The third-order valence-electron chi connectivity index (χ3n) is 5.50. The Morgan fingerprint density at radius 2 is 2.10 bits per heavy atom. The highest BCUT2D eigenvalue weighted by molar-refractivity contribution is 5.97. The Bertz CT molecular complexity index is 1150. The molecule has 5 rings (SSSR count). The molecular formula is C21H18FN5O2. The lowest BCUT2D eigenvalue weighted by molar-refractivity contribution is 0.255. The van der Waals surface area contributed by atoms with Gasteiger partial charge in [-0.25, -0.2) is 4.39 Å². The van der Waals surface area contributed by atoms with Gasteiger partial charge < -0.3 is 19.3 Å². The Morgan fingerprint density at radius 3 is 2.93 bits per heavy atom. The number of piperazine rings is 1. The first-order valence-electron chi connectivity index (χ1n) is 9.37. The number of benzene rings is 2. The average molecular weight is 391 g/mol. The van der Waals surface area contributed by atoms with Crippen LogP contribution in [0.3, 0.4) is 0 Å². The molecule has 0 amide bonds. The number of halogens is 1. The second-order valence-electron chi connectivity index (χ2n) is 7.09. The van der Waals surface area contributed by atoms with Gasteiger partial charge in [0.1, 0.15) is 35.5 Å². The summed E-state index contributed by atoms with van der Waals surface area (Å²) < 4.78 is 25.5. The molecule has 1 saturated heterocycles. The maximum absolute atomic E-state index is 14.2. The van der Waals surface area contributed by atoms with Gasteiger partial charge in [-0.2, -0.15) is 5.26 Å². The van der Waals surface area contributed by atoms with Gasteiger partial charge in [-0.15, -0.1) is 10.2 Å². The van der Waals surface area contributed by atoms with E-state index >= 15 is 0 Å². The lowest BCUT2D eigenvalue weighted by Crippen LogP contribution is -2.57. The van der Waals surface area contributed by atoms with Crippen molar-refractivity contribution in [3.8, 4) is 17.6 Å². The van der Waals surface area contributed by atoms with E-state index < -0.39 is 5.82 Å². The average Bonchev–Trinajstić information content (AvgIpc) is 2.77. The van der Waals surface area contributed by atoms with Gasteiger partial charge in [0.2, 0.25) is 0 Å². The molecule has 0 unspecified atom stereocenters. The SMILES string of the molecule is COc1cc(F)cc2c(N3CCN4c5ccccc5OC[C@H]4C3)c(C#N)nnc12. The fourth-order valence-electron chi connectivity index (χ4n) is 4.20. The fourth-order valence-corrected chi connectivity index (χ4v) is 4.20. The topological polar surface area (TPSA) is 74.5 Å². The van der Waals surface area contributed by atoms with Crippen LogP contribution < -0.4 is 19.3 Å². The number of para-hydroxylation sites is 2. The summed E-state index contributed by atoms with van der Waals surface area (Å²) >= 11 is 0. The molecule has 0 bridgehead atoms. The lowest BCUT2D eigenvalue weighted by Gasteiger charge is -2.46. The Labute approximate surface area is 166 Å². The zero-order valence-electron chi connectivity index (χ0n) is 15.8. The smallest absolute Gasteiger partial charge is 0.187 e. The number of nitrogens with zero attached hydrogens (tertiary/aromatic N) is 5. The van der Waals surface area contributed by atoms with Crippen LogP contribution in [0.15, 0.2) is 36.4 Å². The van der Waals surface area contributed by atoms with Gasteiger partial charge in [0, 0.05) is 31.1 Å². The molecule has 1 aromatic heterocycles. The molecule has 0 spiro atoms. The minimum absolute atomic E-state index is 0.115. The fraction of sp³-hybridized carbons (Fsp3) is 0.286. The summed E-state index contributed by atoms with van der Waals surface area (Å²) in [4.78, 5) is 4.41. The Hall–Kier alpha value is -3.60. The monoisotopic (exact) mass is 391 g/mol. The molecule has 7 nitrogen and oxygen atoms in total. The summed E-state index contributed by atoms with van der Waals surface area (Å²) in [6, 6.07) is 12.9. The van der Waals surface area contributed by atoms with Crippen LogP contribution >= 0.6 is 0 Å². The van der Waals surface area contributed by atoms with Crippen molar-refractivity contribution in [2.75, 3.05) is 43.2 Å². The first-order valence-corrected chi connectivity index (χ1v) is 9.37. The summed E-state index contributed by atoms with van der Waals surface area (Å²) in [5.41, 5.74) is 2.29. The number of rotatable bonds is 2. The number of fused-ring (bicyclic) bond motifs is 4. The van der Waals surface area contributed by atoms with E-state index in [1.165, 1.54) is 19.2 Å². The van der Waals surface area contributed by atoms with Crippen LogP contribution in [0.4, 0.5) is 15.8 Å². The summed E-state index contributed by atoms with van der Waals surface area (Å²) in [6.45, 7) is 2.59. The van der Waals surface area contributed by atoms with Crippen LogP contribution in [0.1, 0.15) is 5.69 Å². The summed E-state index contributed by atoms with van der Waals surface area (Å²) in [6.07, 6.45) is 0. The molecule has 2 aliphatic heterocycles. The van der Waals surface area contributed by atoms with E-state index in [4.69, 9.17) is 9.47 Å². The largest absolute Gasteiger partial charge is 0.494 e. The maximum atomic E-state index is 14.2. The number of aromatic nitrogens is 2. The number of hydrogen-bond donors (Lipinski definition) is 0. The molecular weight excluding hydrogens is 373 g/mol. The van der Waals surface area contributed by atoms with Crippen molar-refractivity contribution in [3.05, 3.63) is 47.9 Å². The van der Waals surface area contributed by atoms with Crippen LogP contribution in [-0.2, 0) is 0 Å². The molecule has 0 N–H and O–H groups in total. The van der Waals surface area contributed by atoms with Crippen molar-refractivity contribution in [1.82, 2.24) is 10.2 Å². The highest BCUT2D eigenvalue weighted by Crippen LogP contribution is 2.38. The number of methoxy groups -OCH3 is 1. The zero-order valence-corrected chi connectivity index (χ0v) is 15.8. The summed E-state index contributed by atoms with van der Waals surface area (Å²) in [5, 5.41) is 18.3. The third kappa shape index (κ3) is 2.78. The number of hydrogen-bond acceptors (Lipinski definition) is 7. The van der Waals surface area contributed by atoms with Crippen LogP contribution in [-0.4, -0.2) is 49.6 Å². The van der Waals surface area contributed by atoms with Gasteiger partial charge in [-0.1, -0.05) is 12.1 Å². The zero-order chi connectivity index (χ0) is 20.0. The molecule has 29 heavy (non-hydrogen) atoms. The van der Waals surface area contributed by atoms with E-state index in [9.17, 15) is 9.65 Å². The van der Waals surface area contributed by atoms with Crippen LogP contribution in [0.2, 0.25) is 0 Å². The van der Waals surface area contributed by atoms with Gasteiger partial charge >= 0.3 is 0 Å². The molecule has 2 aromatic carbocycles.